The largest absolute Gasteiger partial charge is 0.416 e. The summed E-state index contributed by atoms with van der Waals surface area (Å²) in [6.07, 6.45) is -2.89. The topological polar surface area (TPSA) is 109 Å². The maximum Gasteiger partial charge on any atom is 0.416 e. The van der Waals surface area contributed by atoms with Gasteiger partial charge in [0.1, 0.15) is 0 Å². The number of amides is 2. The summed E-state index contributed by atoms with van der Waals surface area (Å²) < 4.78 is 66.8. The van der Waals surface area contributed by atoms with Gasteiger partial charge in [-0.1, -0.05) is 6.07 Å². The number of alkyl halides is 3. The van der Waals surface area contributed by atoms with Gasteiger partial charge in [-0.2, -0.15) is 13.2 Å². The highest BCUT2D eigenvalue weighted by Gasteiger charge is 2.30. The van der Waals surface area contributed by atoms with E-state index in [2.05, 4.69) is 15.4 Å². The predicted octanol–water partition coefficient (Wildman–Crippen LogP) is 5.77. The SMILES string of the molecule is CC(=O)n1ccc2ccc(NC(=O)Nc3ccc(S(=O)(=O)Nc4ccc(C(F)(F)F)cc4)cc3)cc21. The Morgan fingerprint density at radius 2 is 1.39 bits per heavy atom. The smallest absolute Gasteiger partial charge is 0.308 e. The second-order valence-electron chi connectivity index (χ2n) is 7.76. The van der Waals surface area contributed by atoms with Crippen LogP contribution >= 0.6 is 0 Å². The number of urea groups is 1. The van der Waals surface area contributed by atoms with Crippen LogP contribution in [0.3, 0.4) is 0 Å². The summed E-state index contributed by atoms with van der Waals surface area (Å²) in [5, 5.41) is 6.05. The van der Waals surface area contributed by atoms with Gasteiger partial charge in [0.2, 0.25) is 5.91 Å². The average Bonchev–Trinajstić information content (AvgIpc) is 3.22. The molecule has 0 aliphatic rings. The Morgan fingerprint density at radius 3 is 2.00 bits per heavy atom. The molecule has 186 valence electrons. The van der Waals surface area contributed by atoms with Crippen LogP contribution in [0.1, 0.15) is 17.3 Å². The number of halogens is 3. The fourth-order valence-corrected chi connectivity index (χ4v) is 4.49. The molecule has 0 atom stereocenters. The molecule has 4 rings (SSSR count). The number of sulfonamides is 1. The number of benzene rings is 3. The van der Waals surface area contributed by atoms with Crippen LogP contribution in [0.25, 0.3) is 10.9 Å². The third-order valence-corrected chi connectivity index (χ3v) is 6.57. The number of carbonyl (C=O) groups is 2. The van der Waals surface area contributed by atoms with Crippen LogP contribution in [-0.4, -0.2) is 24.9 Å². The number of rotatable bonds is 5. The van der Waals surface area contributed by atoms with Crippen molar-refractivity contribution in [2.75, 3.05) is 15.4 Å². The first-order valence-corrected chi connectivity index (χ1v) is 11.9. The summed E-state index contributed by atoms with van der Waals surface area (Å²) >= 11 is 0. The van der Waals surface area contributed by atoms with Crippen molar-refractivity contribution in [3.8, 4) is 0 Å². The summed E-state index contributed by atoms with van der Waals surface area (Å²) in [7, 11) is -4.07. The monoisotopic (exact) mass is 516 g/mol. The zero-order valence-corrected chi connectivity index (χ0v) is 19.4. The number of aromatic nitrogens is 1. The third kappa shape index (κ3) is 5.49. The van der Waals surface area contributed by atoms with E-state index < -0.39 is 27.8 Å². The molecule has 1 aromatic heterocycles. The van der Waals surface area contributed by atoms with Crippen LogP contribution in [0.2, 0.25) is 0 Å². The highest BCUT2D eigenvalue weighted by atomic mass is 32.2. The molecule has 0 bridgehead atoms. The molecule has 0 saturated heterocycles. The lowest BCUT2D eigenvalue weighted by atomic mass is 10.2. The second kappa shape index (κ2) is 9.38. The quantitative estimate of drug-likeness (QED) is 0.313. The van der Waals surface area contributed by atoms with Gasteiger partial charge in [-0.25, -0.2) is 13.2 Å². The highest BCUT2D eigenvalue weighted by molar-refractivity contribution is 7.92. The van der Waals surface area contributed by atoms with Gasteiger partial charge >= 0.3 is 12.2 Å². The number of anilines is 3. The third-order valence-electron chi connectivity index (χ3n) is 5.18. The number of hydrogen-bond donors (Lipinski definition) is 3. The van der Waals surface area contributed by atoms with E-state index in [1.165, 1.54) is 35.8 Å². The van der Waals surface area contributed by atoms with Gasteiger partial charge in [-0.15, -0.1) is 0 Å². The molecule has 3 N–H and O–H groups in total. The Morgan fingerprint density at radius 1 is 0.806 bits per heavy atom. The predicted molar refractivity (Wildman–Crippen MR) is 130 cm³/mol. The molecule has 12 heteroatoms. The molecule has 0 saturated carbocycles. The molecule has 36 heavy (non-hydrogen) atoms. The summed E-state index contributed by atoms with van der Waals surface area (Å²) in [5.41, 5.74) is 0.454. The normalized spacial score (nSPS) is 11.8. The van der Waals surface area contributed by atoms with Crippen molar-refractivity contribution in [2.45, 2.75) is 18.0 Å². The van der Waals surface area contributed by atoms with E-state index >= 15 is 0 Å². The van der Waals surface area contributed by atoms with Gasteiger partial charge in [0.05, 0.1) is 16.0 Å². The fraction of sp³-hybridized carbons (Fsp3) is 0.0833. The Hall–Kier alpha value is -4.32. The number of carbonyl (C=O) groups excluding carboxylic acids is 2. The molecule has 0 fully saturated rings. The average molecular weight is 517 g/mol. The first kappa shape index (κ1) is 24.8. The molecule has 4 aromatic rings. The van der Waals surface area contributed by atoms with Gasteiger partial charge in [0, 0.05) is 35.6 Å². The van der Waals surface area contributed by atoms with Crippen molar-refractivity contribution in [1.29, 1.82) is 0 Å². The lowest BCUT2D eigenvalue weighted by molar-refractivity contribution is -0.137. The Balaban J connectivity index is 1.41. The second-order valence-corrected chi connectivity index (χ2v) is 9.44. The molecule has 0 unspecified atom stereocenters. The van der Waals surface area contributed by atoms with Gasteiger partial charge in [0.25, 0.3) is 10.0 Å². The first-order chi connectivity index (χ1) is 16.9. The van der Waals surface area contributed by atoms with Crippen LogP contribution in [0, 0.1) is 0 Å². The lowest BCUT2D eigenvalue weighted by Crippen LogP contribution is -2.19. The standard InChI is InChI=1S/C24H19F3N4O4S/c1-15(32)31-13-12-16-2-5-20(14-22(16)31)29-23(33)28-18-8-10-21(11-9-18)36(34,35)30-19-6-3-17(4-7-19)24(25,26)27/h2-14,30H,1H3,(H2,28,29,33). The van der Waals surface area contributed by atoms with Gasteiger partial charge in [0.15, 0.2) is 0 Å². The molecule has 8 nitrogen and oxygen atoms in total. The Bertz CT molecular complexity index is 1550. The lowest BCUT2D eigenvalue weighted by Gasteiger charge is -2.11. The van der Waals surface area contributed by atoms with Crippen molar-refractivity contribution >= 4 is 49.9 Å². The molecule has 0 radical (unpaired) electrons. The molecule has 1 heterocycles. The number of nitrogens with zero attached hydrogens (tertiary/aromatic N) is 1. The molecule has 0 spiro atoms. The minimum absolute atomic E-state index is 0.0301. The van der Waals surface area contributed by atoms with E-state index in [1.54, 1.807) is 30.5 Å². The van der Waals surface area contributed by atoms with E-state index in [0.717, 1.165) is 29.7 Å². The Labute approximate surface area is 203 Å². The zero-order valence-electron chi connectivity index (χ0n) is 18.6. The van der Waals surface area contributed by atoms with Crippen LogP contribution in [0.4, 0.5) is 35.0 Å². The van der Waals surface area contributed by atoms with Gasteiger partial charge < -0.3 is 10.6 Å². The number of nitrogens with one attached hydrogen (secondary N) is 3. The van der Waals surface area contributed by atoms with Gasteiger partial charge in [-0.05, 0) is 66.7 Å². The van der Waals surface area contributed by atoms with Crippen LogP contribution in [0.15, 0.2) is 83.9 Å². The minimum Gasteiger partial charge on any atom is -0.308 e. The molecular formula is C24H19F3N4O4S. The van der Waals surface area contributed by atoms with E-state index in [4.69, 9.17) is 0 Å². The first-order valence-electron chi connectivity index (χ1n) is 10.4. The number of fused-ring (bicyclic) bond motifs is 1. The van der Waals surface area contributed by atoms with Crippen LogP contribution < -0.4 is 15.4 Å². The maximum absolute atomic E-state index is 12.7. The molecule has 0 aliphatic heterocycles. The van der Waals surface area contributed by atoms with Crippen molar-refractivity contribution in [3.05, 3.63) is 84.6 Å². The van der Waals surface area contributed by atoms with E-state index in [0.29, 0.717) is 16.9 Å². The number of hydrogen-bond acceptors (Lipinski definition) is 4. The summed E-state index contributed by atoms with van der Waals surface area (Å²) in [6, 6.07) is 15.1. The van der Waals surface area contributed by atoms with Crippen LogP contribution in [-0.2, 0) is 16.2 Å². The molecular weight excluding hydrogens is 497 g/mol. The van der Waals surface area contributed by atoms with Crippen molar-refractivity contribution in [1.82, 2.24) is 4.57 Å². The van der Waals surface area contributed by atoms with E-state index in [9.17, 15) is 31.2 Å². The zero-order chi connectivity index (χ0) is 26.1. The van der Waals surface area contributed by atoms with Gasteiger partial charge in [-0.3, -0.25) is 14.1 Å². The summed E-state index contributed by atoms with van der Waals surface area (Å²) in [6.45, 7) is 1.43. The summed E-state index contributed by atoms with van der Waals surface area (Å²) in [4.78, 5) is 24.0. The minimum atomic E-state index is -4.53. The van der Waals surface area contributed by atoms with Crippen molar-refractivity contribution in [3.63, 3.8) is 0 Å². The van der Waals surface area contributed by atoms with E-state index in [1.807, 2.05) is 0 Å². The van der Waals surface area contributed by atoms with E-state index in [-0.39, 0.29) is 16.5 Å². The summed E-state index contributed by atoms with van der Waals surface area (Å²) in [5.74, 6) is -0.172. The maximum atomic E-state index is 12.7. The molecule has 2 amide bonds. The molecule has 3 aromatic carbocycles. The fourth-order valence-electron chi connectivity index (χ4n) is 3.43. The van der Waals surface area contributed by atoms with Crippen molar-refractivity contribution < 1.29 is 31.2 Å². The van der Waals surface area contributed by atoms with Crippen LogP contribution in [0.5, 0.6) is 0 Å². The highest BCUT2D eigenvalue weighted by Crippen LogP contribution is 2.30. The Kier molecular flexibility index (Phi) is 6.46. The molecule has 0 aliphatic carbocycles. The van der Waals surface area contributed by atoms with Crippen molar-refractivity contribution in [2.24, 2.45) is 0 Å².